The molecular weight excluding hydrogens is 281 g/mol. The van der Waals surface area contributed by atoms with Gasteiger partial charge >= 0.3 is 0 Å². The second-order valence-electron chi connectivity index (χ2n) is 4.88. The molecule has 0 saturated heterocycles. The SMILES string of the molecule is CCNC(c1cc2cccc(F)c2o1)C(C)S(C)(=O)=O. The number of furan rings is 1. The number of hydrogen-bond acceptors (Lipinski definition) is 4. The van der Waals surface area contributed by atoms with E-state index in [0.29, 0.717) is 17.7 Å². The highest BCUT2D eigenvalue weighted by Gasteiger charge is 2.29. The molecule has 20 heavy (non-hydrogen) atoms. The van der Waals surface area contributed by atoms with E-state index in [1.165, 1.54) is 12.3 Å². The van der Waals surface area contributed by atoms with Crippen LogP contribution >= 0.6 is 0 Å². The number of fused-ring (bicyclic) bond motifs is 1. The van der Waals surface area contributed by atoms with Crippen molar-refractivity contribution in [2.75, 3.05) is 12.8 Å². The van der Waals surface area contributed by atoms with Gasteiger partial charge in [0, 0.05) is 11.6 Å². The molecule has 1 N–H and O–H groups in total. The Balaban J connectivity index is 2.49. The molecule has 0 bridgehead atoms. The van der Waals surface area contributed by atoms with Gasteiger partial charge in [0.25, 0.3) is 0 Å². The van der Waals surface area contributed by atoms with Gasteiger partial charge in [0.1, 0.15) is 5.76 Å². The first kappa shape index (κ1) is 15.0. The number of rotatable bonds is 5. The molecule has 2 aromatic rings. The number of hydrogen-bond donors (Lipinski definition) is 1. The minimum atomic E-state index is -3.24. The van der Waals surface area contributed by atoms with Gasteiger partial charge in [-0.15, -0.1) is 0 Å². The first-order valence-electron chi connectivity index (χ1n) is 6.44. The van der Waals surface area contributed by atoms with Crippen molar-refractivity contribution < 1.29 is 17.2 Å². The molecule has 0 spiro atoms. The van der Waals surface area contributed by atoms with Crippen LogP contribution in [0.15, 0.2) is 28.7 Å². The van der Waals surface area contributed by atoms with Crippen molar-refractivity contribution in [3.8, 4) is 0 Å². The Hall–Kier alpha value is -1.40. The van der Waals surface area contributed by atoms with Crippen molar-refractivity contribution in [2.45, 2.75) is 25.1 Å². The molecular formula is C14H18FNO3S. The minimum absolute atomic E-state index is 0.158. The molecule has 0 saturated carbocycles. The van der Waals surface area contributed by atoms with Gasteiger partial charge in [0.15, 0.2) is 21.2 Å². The molecule has 1 aromatic carbocycles. The van der Waals surface area contributed by atoms with E-state index in [9.17, 15) is 12.8 Å². The van der Waals surface area contributed by atoms with Crippen molar-refractivity contribution in [1.29, 1.82) is 0 Å². The van der Waals surface area contributed by atoms with Gasteiger partial charge in [-0.25, -0.2) is 12.8 Å². The normalized spacial score (nSPS) is 15.4. The van der Waals surface area contributed by atoms with Crippen LogP contribution in [0.3, 0.4) is 0 Å². The van der Waals surface area contributed by atoms with Crippen LogP contribution in [0.5, 0.6) is 0 Å². The number of sulfone groups is 1. The molecule has 4 nitrogen and oxygen atoms in total. The summed E-state index contributed by atoms with van der Waals surface area (Å²) < 4.78 is 42.7. The van der Waals surface area contributed by atoms with Crippen LogP contribution in [0, 0.1) is 5.82 Å². The number of halogens is 1. The monoisotopic (exact) mass is 299 g/mol. The van der Waals surface area contributed by atoms with Crippen molar-refractivity contribution in [1.82, 2.24) is 5.32 Å². The van der Waals surface area contributed by atoms with E-state index < -0.39 is 26.9 Å². The summed E-state index contributed by atoms with van der Waals surface area (Å²) in [5.41, 5.74) is 0.158. The summed E-state index contributed by atoms with van der Waals surface area (Å²) in [7, 11) is -3.24. The van der Waals surface area contributed by atoms with Crippen molar-refractivity contribution in [3.05, 3.63) is 35.8 Å². The first-order valence-corrected chi connectivity index (χ1v) is 8.40. The van der Waals surface area contributed by atoms with Crippen LogP contribution in [-0.2, 0) is 9.84 Å². The molecule has 0 aliphatic heterocycles. The van der Waals surface area contributed by atoms with Gasteiger partial charge < -0.3 is 9.73 Å². The average Bonchev–Trinajstić information content (AvgIpc) is 2.79. The maximum atomic E-state index is 13.7. The van der Waals surface area contributed by atoms with Crippen LogP contribution in [0.25, 0.3) is 11.0 Å². The van der Waals surface area contributed by atoms with Gasteiger partial charge in [0.2, 0.25) is 0 Å². The maximum absolute atomic E-state index is 13.7. The lowest BCUT2D eigenvalue weighted by Crippen LogP contribution is -2.34. The average molecular weight is 299 g/mol. The zero-order valence-electron chi connectivity index (χ0n) is 11.7. The number of nitrogens with one attached hydrogen (secondary N) is 1. The third kappa shape index (κ3) is 2.86. The molecule has 0 aliphatic carbocycles. The maximum Gasteiger partial charge on any atom is 0.169 e. The summed E-state index contributed by atoms with van der Waals surface area (Å²) >= 11 is 0. The Morgan fingerprint density at radius 1 is 1.40 bits per heavy atom. The zero-order valence-corrected chi connectivity index (χ0v) is 12.5. The topological polar surface area (TPSA) is 59.3 Å². The fraction of sp³-hybridized carbons (Fsp3) is 0.429. The van der Waals surface area contributed by atoms with Gasteiger partial charge in [-0.1, -0.05) is 19.1 Å². The molecule has 110 valence electrons. The fourth-order valence-electron chi connectivity index (χ4n) is 2.17. The van der Waals surface area contributed by atoms with Crippen LogP contribution in [0.2, 0.25) is 0 Å². The Kier molecular flexibility index (Phi) is 4.15. The Labute approximate surface area is 117 Å². The largest absolute Gasteiger partial charge is 0.456 e. The summed E-state index contributed by atoms with van der Waals surface area (Å²) in [5.74, 6) is -0.0131. The Bertz CT molecular complexity index is 708. The van der Waals surface area contributed by atoms with E-state index in [0.717, 1.165) is 0 Å². The highest BCUT2D eigenvalue weighted by atomic mass is 32.2. The van der Waals surface area contributed by atoms with E-state index in [2.05, 4.69) is 5.32 Å². The Morgan fingerprint density at radius 2 is 2.10 bits per heavy atom. The summed E-state index contributed by atoms with van der Waals surface area (Å²) in [6.45, 7) is 4.08. The van der Waals surface area contributed by atoms with Crippen LogP contribution < -0.4 is 5.32 Å². The van der Waals surface area contributed by atoms with Crippen LogP contribution in [0.4, 0.5) is 4.39 Å². The third-order valence-electron chi connectivity index (χ3n) is 3.39. The van der Waals surface area contributed by atoms with E-state index in [4.69, 9.17) is 4.42 Å². The van der Waals surface area contributed by atoms with Crippen molar-refractivity contribution in [3.63, 3.8) is 0 Å². The van der Waals surface area contributed by atoms with E-state index in [1.807, 2.05) is 6.92 Å². The van der Waals surface area contributed by atoms with Crippen LogP contribution in [0.1, 0.15) is 25.6 Å². The second-order valence-corrected chi connectivity index (χ2v) is 7.28. The molecule has 0 radical (unpaired) electrons. The minimum Gasteiger partial charge on any atom is -0.456 e. The summed E-state index contributed by atoms with van der Waals surface area (Å²) in [5, 5.41) is 3.06. The van der Waals surface area contributed by atoms with E-state index in [-0.39, 0.29) is 5.58 Å². The molecule has 1 heterocycles. The van der Waals surface area contributed by atoms with E-state index in [1.54, 1.807) is 25.1 Å². The molecule has 0 fully saturated rings. The number of para-hydroxylation sites is 1. The molecule has 0 aliphatic rings. The predicted octanol–water partition coefficient (Wildman–Crippen LogP) is 2.66. The highest BCUT2D eigenvalue weighted by Crippen LogP contribution is 2.29. The first-order chi connectivity index (χ1) is 9.34. The molecule has 2 atom stereocenters. The summed E-state index contributed by atoms with van der Waals surface area (Å²) in [6, 6.07) is 5.84. The molecule has 0 amide bonds. The smallest absolute Gasteiger partial charge is 0.169 e. The van der Waals surface area contributed by atoms with Gasteiger partial charge in [-0.2, -0.15) is 0 Å². The number of benzene rings is 1. The summed E-state index contributed by atoms with van der Waals surface area (Å²) in [4.78, 5) is 0. The quantitative estimate of drug-likeness (QED) is 0.922. The second kappa shape index (κ2) is 5.54. The fourth-order valence-corrected chi connectivity index (χ4v) is 2.89. The lowest BCUT2D eigenvalue weighted by Gasteiger charge is -2.21. The molecule has 2 unspecified atom stereocenters. The molecule has 1 aromatic heterocycles. The lowest BCUT2D eigenvalue weighted by molar-refractivity contribution is 0.418. The zero-order chi connectivity index (χ0) is 14.9. The highest BCUT2D eigenvalue weighted by molar-refractivity contribution is 7.91. The molecule has 2 rings (SSSR count). The van der Waals surface area contributed by atoms with Crippen molar-refractivity contribution >= 4 is 20.8 Å². The van der Waals surface area contributed by atoms with E-state index >= 15 is 0 Å². The van der Waals surface area contributed by atoms with Crippen molar-refractivity contribution in [2.24, 2.45) is 0 Å². The predicted molar refractivity (Wildman–Crippen MR) is 76.9 cm³/mol. The standard InChI is InChI=1S/C14H18FNO3S/c1-4-16-13(9(2)20(3,17)18)12-8-10-6-5-7-11(15)14(10)19-12/h5-9,13,16H,4H2,1-3H3. The molecule has 6 heteroatoms. The summed E-state index contributed by atoms with van der Waals surface area (Å²) in [6.07, 6.45) is 1.19. The third-order valence-corrected chi connectivity index (χ3v) is 5.01. The lowest BCUT2D eigenvalue weighted by atomic mass is 10.1. The van der Waals surface area contributed by atoms with Crippen LogP contribution in [-0.4, -0.2) is 26.5 Å². The van der Waals surface area contributed by atoms with Gasteiger partial charge in [-0.05, 0) is 25.6 Å². The Morgan fingerprint density at radius 3 is 2.65 bits per heavy atom. The van der Waals surface area contributed by atoms with Gasteiger partial charge in [0.05, 0.1) is 11.3 Å². The van der Waals surface area contributed by atoms with Gasteiger partial charge in [-0.3, -0.25) is 0 Å².